The van der Waals surface area contributed by atoms with Gasteiger partial charge in [-0.15, -0.1) is 0 Å². The van der Waals surface area contributed by atoms with Crippen molar-refractivity contribution in [1.82, 2.24) is 0 Å². The molecule has 1 aromatic heterocycles. The van der Waals surface area contributed by atoms with E-state index in [2.05, 4.69) is 5.32 Å². The number of ether oxygens (including phenoxy) is 2. The van der Waals surface area contributed by atoms with Gasteiger partial charge < -0.3 is 29.2 Å². The molecule has 0 spiro atoms. The summed E-state index contributed by atoms with van der Waals surface area (Å²) in [6, 6.07) is 12.8. The Morgan fingerprint density at radius 2 is 1.97 bits per heavy atom. The maximum Gasteiger partial charge on any atom is 0.270 e. The topological polar surface area (TPSA) is 127 Å². The van der Waals surface area contributed by atoms with Gasteiger partial charge in [-0.25, -0.2) is 0 Å². The molecule has 0 bridgehead atoms. The third-order valence-corrected chi connectivity index (χ3v) is 5.34. The Bertz CT molecular complexity index is 1170. The van der Waals surface area contributed by atoms with Gasteiger partial charge in [-0.3, -0.25) is 14.9 Å². The highest BCUT2D eigenvalue weighted by atomic mass is 16.6. The van der Waals surface area contributed by atoms with Crippen LogP contribution in [0.25, 0.3) is 11.3 Å². The molecule has 0 radical (unpaired) electrons. The van der Waals surface area contributed by atoms with Crippen LogP contribution in [0.3, 0.4) is 0 Å². The summed E-state index contributed by atoms with van der Waals surface area (Å²) in [5.41, 5.74) is 1.64. The highest BCUT2D eigenvalue weighted by Gasteiger charge is 2.23. The second kappa shape index (κ2) is 9.72. The number of methoxy groups -OCH3 is 1. The van der Waals surface area contributed by atoms with E-state index in [4.69, 9.17) is 13.9 Å². The second-order valence-electron chi connectivity index (χ2n) is 7.35. The summed E-state index contributed by atoms with van der Waals surface area (Å²) in [5, 5.41) is 23.4. The Morgan fingerprint density at radius 3 is 2.64 bits per heavy atom. The Morgan fingerprint density at radius 1 is 1.18 bits per heavy atom. The molecule has 1 saturated heterocycles. The molecule has 10 nitrogen and oxygen atoms in total. The first-order valence-electron chi connectivity index (χ1n) is 10.3. The second-order valence-corrected chi connectivity index (χ2v) is 7.35. The largest absolute Gasteiger partial charge is 0.495 e. The van der Waals surface area contributed by atoms with Crippen LogP contribution in [0.5, 0.6) is 5.75 Å². The highest BCUT2D eigenvalue weighted by Crippen LogP contribution is 2.33. The lowest BCUT2D eigenvalue weighted by atomic mass is 10.1. The van der Waals surface area contributed by atoms with Crippen LogP contribution >= 0.6 is 0 Å². The predicted octanol–water partition coefficient (Wildman–Crippen LogP) is 3.44. The van der Waals surface area contributed by atoms with Gasteiger partial charge in [-0.2, -0.15) is 0 Å². The Kier molecular flexibility index (Phi) is 6.57. The maximum absolute atomic E-state index is 13.3. The number of nitrogens with zero attached hydrogens (tertiary/aromatic N) is 2. The number of carbonyl (C=O) groups is 1. The quantitative estimate of drug-likeness (QED) is 0.411. The Labute approximate surface area is 189 Å². The van der Waals surface area contributed by atoms with Crippen molar-refractivity contribution in [2.75, 3.05) is 43.6 Å². The lowest BCUT2D eigenvalue weighted by Crippen LogP contribution is -2.37. The predicted molar refractivity (Wildman–Crippen MR) is 121 cm³/mol. The number of nitro benzene ring substituents is 1. The minimum absolute atomic E-state index is 0.176. The molecule has 2 N–H and O–H groups in total. The zero-order chi connectivity index (χ0) is 23.4. The van der Waals surface area contributed by atoms with Crippen LogP contribution < -0.4 is 15.0 Å². The average Bonchev–Trinajstić information content (AvgIpc) is 3.33. The van der Waals surface area contributed by atoms with E-state index in [0.29, 0.717) is 60.5 Å². The average molecular weight is 453 g/mol. The number of amides is 1. The smallest absolute Gasteiger partial charge is 0.270 e. The summed E-state index contributed by atoms with van der Waals surface area (Å²) < 4.78 is 16.4. The number of anilines is 2. The van der Waals surface area contributed by atoms with Gasteiger partial charge in [0, 0.05) is 30.8 Å². The lowest BCUT2D eigenvalue weighted by molar-refractivity contribution is -0.384. The van der Waals surface area contributed by atoms with Crippen molar-refractivity contribution < 1.29 is 28.7 Å². The summed E-state index contributed by atoms with van der Waals surface area (Å²) in [4.78, 5) is 26.1. The van der Waals surface area contributed by atoms with E-state index in [1.165, 1.54) is 19.2 Å². The molecule has 2 aromatic carbocycles. The molecule has 1 fully saturated rings. The number of morpholine rings is 1. The van der Waals surface area contributed by atoms with E-state index < -0.39 is 10.8 Å². The number of hydrogen-bond donors (Lipinski definition) is 2. The number of rotatable bonds is 7. The molecule has 0 unspecified atom stereocenters. The fourth-order valence-electron chi connectivity index (χ4n) is 3.67. The van der Waals surface area contributed by atoms with E-state index >= 15 is 0 Å². The minimum Gasteiger partial charge on any atom is -0.495 e. The maximum atomic E-state index is 13.3. The highest BCUT2D eigenvalue weighted by molar-refractivity contribution is 6.09. The number of aliphatic hydroxyl groups is 1. The number of benzene rings is 2. The first-order chi connectivity index (χ1) is 16.0. The molecule has 172 valence electrons. The summed E-state index contributed by atoms with van der Waals surface area (Å²) in [6.45, 7) is 1.93. The van der Waals surface area contributed by atoms with Gasteiger partial charge in [-0.1, -0.05) is 0 Å². The molecule has 1 aliphatic heterocycles. The van der Waals surface area contributed by atoms with E-state index in [9.17, 15) is 20.0 Å². The zero-order valence-corrected chi connectivity index (χ0v) is 17.9. The van der Waals surface area contributed by atoms with Gasteiger partial charge in [0.1, 0.15) is 23.9 Å². The van der Waals surface area contributed by atoms with Crippen LogP contribution in [0.2, 0.25) is 0 Å². The Hall–Kier alpha value is -3.89. The van der Waals surface area contributed by atoms with Crippen molar-refractivity contribution in [3.05, 3.63) is 70.0 Å². The molecule has 4 rings (SSSR count). The van der Waals surface area contributed by atoms with Crippen molar-refractivity contribution >= 4 is 23.0 Å². The summed E-state index contributed by atoms with van der Waals surface area (Å²) in [5.74, 6) is 0.838. The van der Waals surface area contributed by atoms with E-state index in [1.807, 2.05) is 4.90 Å². The number of non-ortho nitro benzene ring substituents is 1. The molecule has 0 aliphatic carbocycles. The van der Waals surface area contributed by atoms with Crippen LogP contribution in [0.1, 0.15) is 16.1 Å². The van der Waals surface area contributed by atoms with Gasteiger partial charge in [-0.05, 0) is 36.4 Å². The SMILES string of the molecule is COc1ccc(-c2ccc(CO)o2)cc1NC(=O)c1cc([N+](=O)[O-])ccc1N1CCOCC1. The van der Waals surface area contributed by atoms with Crippen molar-refractivity contribution in [3.8, 4) is 17.1 Å². The fraction of sp³-hybridized carbons (Fsp3) is 0.261. The molecule has 1 aliphatic rings. The molecule has 3 aromatic rings. The first kappa shape index (κ1) is 22.3. The molecular weight excluding hydrogens is 430 g/mol. The van der Waals surface area contributed by atoms with Crippen LogP contribution in [-0.4, -0.2) is 49.4 Å². The Balaban J connectivity index is 1.69. The monoisotopic (exact) mass is 453 g/mol. The van der Waals surface area contributed by atoms with Crippen LogP contribution in [0, 0.1) is 10.1 Å². The lowest BCUT2D eigenvalue weighted by Gasteiger charge is -2.30. The van der Waals surface area contributed by atoms with Gasteiger partial charge in [0.2, 0.25) is 0 Å². The molecule has 0 saturated carbocycles. The summed E-state index contributed by atoms with van der Waals surface area (Å²) >= 11 is 0. The fourth-order valence-corrected chi connectivity index (χ4v) is 3.67. The first-order valence-corrected chi connectivity index (χ1v) is 10.3. The molecule has 2 heterocycles. The number of furan rings is 1. The number of nitro groups is 1. The molecular formula is C23H23N3O7. The van der Waals surface area contributed by atoms with Gasteiger partial charge in [0.15, 0.2) is 0 Å². The van der Waals surface area contributed by atoms with Crippen LogP contribution in [-0.2, 0) is 11.3 Å². The summed E-state index contributed by atoms with van der Waals surface area (Å²) in [6.07, 6.45) is 0. The van der Waals surface area contributed by atoms with E-state index in [-0.39, 0.29) is 17.9 Å². The van der Waals surface area contributed by atoms with Gasteiger partial charge in [0.05, 0.1) is 42.2 Å². The number of hydrogen-bond acceptors (Lipinski definition) is 8. The normalized spacial score (nSPS) is 13.6. The van der Waals surface area contributed by atoms with Crippen LogP contribution in [0.15, 0.2) is 52.9 Å². The standard InChI is InChI=1S/C23H23N3O7/c1-31-22-6-2-15(21-7-4-17(14-27)33-21)12-19(22)24-23(28)18-13-16(26(29)30)3-5-20(18)25-8-10-32-11-9-25/h2-7,12-13,27H,8-11,14H2,1H3,(H,24,28). The zero-order valence-electron chi connectivity index (χ0n) is 17.9. The third-order valence-electron chi connectivity index (χ3n) is 5.34. The molecule has 1 amide bonds. The van der Waals surface area contributed by atoms with Crippen molar-refractivity contribution in [2.45, 2.75) is 6.61 Å². The molecule has 0 atom stereocenters. The number of aliphatic hydroxyl groups excluding tert-OH is 1. The minimum atomic E-state index is -0.531. The molecule has 33 heavy (non-hydrogen) atoms. The van der Waals surface area contributed by atoms with E-state index in [0.717, 1.165) is 0 Å². The van der Waals surface area contributed by atoms with Crippen molar-refractivity contribution in [2.24, 2.45) is 0 Å². The van der Waals surface area contributed by atoms with Gasteiger partial charge in [0.25, 0.3) is 11.6 Å². The summed E-state index contributed by atoms with van der Waals surface area (Å²) in [7, 11) is 1.48. The number of nitrogens with one attached hydrogen (secondary N) is 1. The third kappa shape index (κ3) is 4.81. The van der Waals surface area contributed by atoms with Gasteiger partial charge >= 0.3 is 0 Å². The molecule has 10 heteroatoms. The van der Waals surface area contributed by atoms with Crippen molar-refractivity contribution in [3.63, 3.8) is 0 Å². The van der Waals surface area contributed by atoms with Crippen molar-refractivity contribution in [1.29, 1.82) is 0 Å². The van der Waals surface area contributed by atoms with E-state index in [1.54, 1.807) is 36.4 Å². The van der Waals surface area contributed by atoms with Crippen LogP contribution in [0.4, 0.5) is 17.1 Å². The number of carbonyl (C=O) groups excluding carboxylic acids is 1.